The van der Waals surface area contributed by atoms with E-state index in [2.05, 4.69) is 6.92 Å². The Balaban J connectivity index is 2.23. The van der Waals surface area contributed by atoms with Crippen molar-refractivity contribution in [2.45, 2.75) is 18.2 Å². The minimum atomic E-state index is -4.07. The third-order valence-electron chi connectivity index (χ3n) is 3.53. The van der Waals surface area contributed by atoms with E-state index in [0.29, 0.717) is 18.4 Å². The molecule has 4 nitrogen and oxygen atoms in total. The summed E-state index contributed by atoms with van der Waals surface area (Å²) in [5.41, 5.74) is -0.0139. The molecular weight excluding hydrogens is 305 g/mol. The van der Waals surface area contributed by atoms with Crippen molar-refractivity contribution >= 4 is 25.6 Å². The maximum Gasteiger partial charge on any atom is 0.261 e. The summed E-state index contributed by atoms with van der Waals surface area (Å²) in [6.07, 6.45) is 1.07. The number of nitrogens with zero attached hydrogens (tertiary/aromatic N) is 1. The summed E-state index contributed by atoms with van der Waals surface area (Å²) in [4.78, 5) is 13.2. The first-order valence-corrected chi connectivity index (χ1v) is 8.50. The Bertz CT molecular complexity index is 647. The molecule has 2 atom stereocenters. The van der Waals surface area contributed by atoms with Gasteiger partial charge in [0, 0.05) is 29.8 Å². The number of carbonyl (C=O) groups is 1. The first-order chi connectivity index (χ1) is 9.18. The monoisotopic (exact) mass is 319 g/mol. The van der Waals surface area contributed by atoms with Gasteiger partial charge in [-0.05, 0) is 36.5 Å². The van der Waals surface area contributed by atoms with E-state index in [1.807, 2.05) is 0 Å². The van der Waals surface area contributed by atoms with Gasteiger partial charge in [0.05, 0.1) is 4.90 Å². The lowest BCUT2D eigenvalue weighted by Crippen LogP contribution is -2.29. The maximum atomic E-state index is 13.4. The Labute approximate surface area is 121 Å². The molecule has 7 heteroatoms. The molecule has 2 unspecified atom stereocenters. The maximum absolute atomic E-state index is 13.4. The second-order valence-electron chi connectivity index (χ2n) is 5.27. The van der Waals surface area contributed by atoms with Gasteiger partial charge in [-0.3, -0.25) is 4.79 Å². The molecule has 1 fully saturated rings. The largest absolute Gasteiger partial charge is 0.341 e. The molecule has 0 spiro atoms. The van der Waals surface area contributed by atoms with Gasteiger partial charge in [-0.1, -0.05) is 6.92 Å². The Morgan fingerprint density at radius 1 is 1.45 bits per heavy atom. The molecule has 0 bridgehead atoms. The SMILES string of the molecule is CC1CC1CN(C)C(=O)c1cc(F)cc(S(=O)(=O)Cl)c1. The first kappa shape index (κ1) is 15.3. The van der Waals surface area contributed by atoms with Crippen molar-refractivity contribution in [3.05, 3.63) is 29.6 Å². The van der Waals surface area contributed by atoms with E-state index >= 15 is 0 Å². The van der Waals surface area contributed by atoms with E-state index < -0.39 is 25.7 Å². The molecule has 0 saturated heterocycles. The van der Waals surface area contributed by atoms with Gasteiger partial charge < -0.3 is 4.90 Å². The predicted octanol–water partition coefficient (Wildman–Crippen LogP) is 2.48. The second-order valence-corrected chi connectivity index (χ2v) is 7.84. The number of amides is 1. The molecule has 0 N–H and O–H groups in total. The van der Waals surface area contributed by atoms with Crippen molar-refractivity contribution in [3.8, 4) is 0 Å². The molecule has 0 aliphatic heterocycles. The molecule has 20 heavy (non-hydrogen) atoms. The lowest BCUT2D eigenvalue weighted by molar-refractivity contribution is 0.0786. The fraction of sp³-hybridized carbons (Fsp3) is 0.462. The molecule has 1 aliphatic carbocycles. The summed E-state index contributed by atoms with van der Waals surface area (Å²) in [6, 6.07) is 2.91. The summed E-state index contributed by atoms with van der Waals surface area (Å²) in [6.45, 7) is 2.68. The summed E-state index contributed by atoms with van der Waals surface area (Å²) in [5.74, 6) is -0.154. The van der Waals surface area contributed by atoms with E-state index in [1.165, 1.54) is 4.90 Å². The number of benzene rings is 1. The van der Waals surface area contributed by atoms with Crippen molar-refractivity contribution < 1.29 is 17.6 Å². The average molecular weight is 320 g/mol. The Morgan fingerprint density at radius 2 is 2.05 bits per heavy atom. The molecule has 0 heterocycles. The molecule has 1 amide bonds. The van der Waals surface area contributed by atoms with Crippen molar-refractivity contribution in [1.82, 2.24) is 4.90 Å². The highest BCUT2D eigenvalue weighted by molar-refractivity contribution is 8.13. The van der Waals surface area contributed by atoms with E-state index in [0.717, 1.165) is 24.6 Å². The third kappa shape index (κ3) is 3.49. The van der Waals surface area contributed by atoms with Gasteiger partial charge in [0.2, 0.25) is 0 Å². The molecule has 110 valence electrons. The number of carbonyl (C=O) groups excluding carboxylic acids is 1. The van der Waals surface area contributed by atoms with Crippen molar-refractivity contribution in [3.63, 3.8) is 0 Å². The van der Waals surface area contributed by atoms with Crippen LogP contribution in [0.3, 0.4) is 0 Å². The normalized spacial score (nSPS) is 21.6. The van der Waals surface area contributed by atoms with E-state index in [9.17, 15) is 17.6 Å². The van der Waals surface area contributed by atoms with E-state index in [1.54, 1.807) is 7.05 Å². The van der Waals surface area contributed by atoms with Crippen molar-refractivity contribution in [2.24, 2.45) is 11.8 Å². The molecule has 0 aromatic heterocycles. The highest BCUT2D eigenvalue weighted by atomic mass is 35.7. The van der Waals surface area contributed by atoms with Gasteiger partial charge in [0.25, 0.3) is 15.0 Å². The Hall–Kier alpha value is -1.14. The highest BCUT2D eigenvalue weighted by Gasteiger charge is 2.34. The van der Waals surface area contributed by atoms with Gasteiger partial charge in [-0.2, -0.15) is 0 Å². The number of halogens is 2. The summed E-state index contributed by atoms with van der Waals surface area (Å²) < 4.78 is 35.9. The van der Waals surface area contributed by atoms with Crippen LogP contribution >= 0.6 is 10.7 Å². The molecular formula is C13H15ClFNO3S. The lowest BCUT2D eigenvalue weighted by Gasteiger charge is -2.17. The van der Waals surface area contributed by atoms with Gasteiger partial charge in [-0.25, -0.2) is 12.8 Å². The average Bonchev–Trinajstić information content (AvgIpc) is 3.01. The molecule has 1 aromatic carbocycles. The first-order valence-electron chi connectivity index (χ1n) is 6.19. The highest BCUT2D eigenvalue weighted by Crippen LogP contribution is 2.38. The van der Waals surface area contributed by atoms with Gasteiger partial charge in [0.15, 0.2) is 0 Å². The smallest absolute Gasteiger partial charge is 0.261 e. The number of hydrogen-bond donors (Lipinski definition) is 0. The quantitative estimate of drug-likeness (QED) is 0.801. The van der Waals surface area contributed by atoms with E-state index in [4.69, 9.17) is 10.7 Å². The fourth-order valence-electron chi connectivity index (χ4n) is 2.14. The van der Waals surface area contributed by atoms with Gasteiger partial charge >= 0.3 is 0 Å². The fourth-order valence-corrected chi connectivity index (χ4v) is 2.92. The van der Waals surface area contributed by atoms with Crippen LogP contribution in [0.2, 0.25) is 0 Å². The molecule has 2 rings (SSSR count). The Kier molecular flexibility index (Phi) is 4.07. The topological polar surface area (TPSA) is 54.5 Å². The lowest BCUT2D eigenvalue weighted by atomic mass is 10.2. The molecule has 1 aromatic rings. The van der Waals surface area contributed by atoms with Crippen molar-refractivity contribution in [1.29, 1.82) is 0 Å². The van der Waals surface area contributed by atoms with Crippen LogP contribution in [0.15, 0.2) is 23.1 Å². The zero-order valence-corrected chi connectivity index (χ0v) is 12.7. The van der Waals surface area contributed by atoms with Crippen LogP contribution < -0.4 is 0 Å². The second kappa shape index (κ2) is 5.33. The minimum absolute atomic E-state index is 0.0139. The molecule has 0 radical (unpaired) electrons. The molecule has 1 aliphatic rings. The van der Waals surface area contributed by atoms with E-state index in [-0.39, 0.29) is 5.56 Å². The van der Waals surface area contributed by atoms with Crippen LogP contribution in [0.5, 0.6) is 0 Å². The van der Waals surface area contributed by atoms with Crippen LogP contribution in [0, 0.1) is 17.7 Å². The third-order valence-corrected chi connectivity index (χ3v) is 4.86. The van der Waals surface area contributed by atoms with Crippen LogP contribution in [0.4, 0.5) is 4.39 Å². The standard InChI is InChI=1S/C13H15ClFNO3S/c1-8-3-10(8)7-16(2)13(17)9-4-11(15)6-12(5-9)20(14,18)19/h4-6,8,10H,3,7H2,1-2H3. The Morgan fingerprint density at radius 3 is 2.55 bits per heavy atom. The van der Waals surface area contributed by atoms with Gasteiger partial charge in [-0.15, -0.1) is 0 Å². The summed E-state index contributed by atoms with van der Waals surface area (Å²) in [5, 5.41) is 0. The molecule has 1 saturated carbocycles. The van der Waals surface area contributed by atoms with Crippen LogP contribution in [0.1, 0.15) is 23.7 Å². The summed E-state index contributed by atoms with van der Waals surface area (Å²) in [7, 11) is 2.73. The van der Waals surface area contributed by atoms with Crippen LogP contribution in [-0.4, -0.2) is 32.8 Å². The zero-order chi connectivity index (χ0) is 15.1. The predicted molar refractivity (Wildman–Crippen MR) is 73.7 cm³/mol. The van der Waals surface area contributed by atoms with Gasteiger partial charge in [0.1, 0.15) is 5.82 Å². The minimum Gasteiger partial charge on any atom is -0.341 e. The van der Waals surface area contributed by atoms with Crippen LogP contribution in [-0.2, 0) is 9.05 Å². The summed E-state index contributed by atoms with van der Waals surface area (Å²) >= 11 is 0. The van der Waals surface area contributed by atoms with Crippen LogP contribution in [0.25, 0.3) is 0 Å². The number of rotatable bonds is 4. The number of hydrogen-bond acceptors (Lipinski definition) is 3. The zero-order valence-electron chi connectivity index (χ0n) is 11.1. The van der Waals surface area contributed by atoms with Crippen molar-refractivity contribution in [2.75, 3.05) is 13.6 Å².